The maximum atomic E-state index is 12.0. The van der Waals surface area contributed by atoms with E-state index in [0.29, 0.717) is 11.7 Å². The lowest BCUT2D eigenvalue weighted by Gasteiger charge is -2.66. The number of halogens is 3. The van der Waals surface area contributed by atoms with Crippen molar-refractivity contribution in [1.29, 1.82) is 0 Å². The van der Waals surface area contributed by atoms with Gasteiger partial charge in [-0.2, -0.15) is 4.98 Å². The summed E-state index contributed by atoms with van der Waals surface area (Å²) in [4.78, 5) is 4.36. The standard InChI is InChI=1S/C12H14F3N3O2/c13-12(14,15)19-7-1-6(2-7)8-17-9(20-18-8)10-3-11(16,4-10)5-10/h6-7H,1-5,16H2/t6-,7+,10?,11?. The lowest BCUT2D eigenvalue weighted by molar-refractivity contribution is -0.352. The molecule has 4 saturated carbocycles. The minimum absolute atomic E-state index is 0.0449. The molecule has 0 spiro atoms. The van der Waals surface area contributed by atoms with E-state index in [2.05, 4.69) is 14.9 Å². The van der Waals surface area contributed by atoms with Gasteiger partial charge < -0.3 is 10.3 Å². The average Bonchev–Trinajstić information content (AvgIpc) is 2.64. The van der Waals surface area contributed by atoms with Crippen molar-refractivity contribution in [2.75, 3.05) is 0 Å². The highest BCUT2D eigenvalue weighted by Crippen LogP contribution is 2.66. The van der Waals surface area contributed by atoms with Gasteiger partial charge >= 0.3 is 6.36 Å². The number of nitrogens with zero attached hydrogens (tertiary/aromatic N) is 2. The van der Waals surface area contributed by atoms with Crippen LogP contribution in [0, 0.1) is 0 Å². The summed E-state index contributed by atoms with van der Waals surface area (Å²) in [6.07, 6.45) is -2.19. The Kier molecular flexibility index (Phi) is 2.23. The Balaban J connectivity index is 1.37. The van der Waals surface area contributed by atoms with Gasteiger partial charge in [-0.15, -0.1) is 13.2 Å². The molecule has 110 valence electrons. The van der Waals surface area contributed by atoms with Crippen LogP contribution in [0.25, 0.3) is 0 Å². The van der Waals surface area contributed by atoms with Gasteiger partial charge in [0.15, 0.2) is 5.82 Å². The van der Waals surface area contributed by atoms with Crippen molar-refractivity contribution in [2.24, 2.45) is 5.73 Å². The third kappa shape index (κ3) is 1.77. The number of ether oxygens (including phenoxy) is 1. The van der Waals surface area contributed by atoms with Gasteiger partial charge in [0, 0.05) is 11.5 Å². The van der Waals surface area contributed by atoms with E-state index in [1.807, 2.05) is 0 Å². The molecular formula is C12H14F3N3O2. The molecule has 1 aromatic heterocycles. The van der Waals surface area contributed by atoms with Crippen molar-refractivity contribution < 1.29 is 22.4 Å². The van der Waals surface area contributed by atoms with Gasteiger partial charge in [0.05, 0.1) is 11.5 Å². The summed E-state index contributed by atoms with van der Waals surface area (Å²) in [5, 5.41) is 3.90. The van der Waals surface area contributed by atoms with Crippen LogP contribution < -0.4 is 5.73 Å². The van der Waals surface area contributed by atoms with E-state index in [0.717, 1.165) is 19.3 Å². The van der Waals surface area contributed by atoms with E-state index >= 15 is 0 Å². The molecule has 20 heavy (non-hydrogen) atoms. The molecule has 4 aliphatic rings. The van der Waals surface area contributed by atoms with Crippen molar-refractivity contribution in [3.05, 3.63) is 11.7 Å². The number of aromatic nitrogens is 2. The van der Waals surface area contributed by atoms with Gasteiger partial charge in [-0.3, -0.25) is 4.74 Å². The summed E-state index contributed by atoms with van der Waals surface area (Å²) in [6, 6.07) is 0. The maximum Gasteiger partial charge on any atom is 0.522 e. The number of alkyl halides is 3. The fourth-order valence-electron chi connectivity index (χ4n) is 3.77. The minimum Gasteiger partial charge on any atom is -0.339 e. The molecule has 5 rings (SSSR count). The van der Waals surface area contributed by atoms with Crippen molar-refractivity contribution in [2.45, 2.75) is 61.4 Å². The Hall–Kier alpha value is -1.15. The lowest BCUT2D eigenvalue weighted by atomic mass is 9.40. The molecule has 2 N–H and O–H groups in total. The Morgan fingerprint density at radius 3 is 2.45 bits per heavy atom. The molecular weight excluding hydrogens is 275 g/mol. The van der Waals surface area contributed by atoms with Crippen molar-refractivity contribution in [3.63, 3.8) is 0 Å². The summed E-state index contributed by atoms with van der Waals surface area (Å²) in [5.74, 6) is 0.997. The Morgan fingerprint density at radius 2 is 1.90 bits per heavy atom. The van der Waals surface area contributed by atoms with E-state index in [1.165, 1.54) is 0 Å². The molecule has 0 aliphatic heterocycles. The van der Waals surface area contributed by atoms with Crippen LogP contribution in [0.2, 0.25) is 0 Å². The zero-order chi connectivity index (χ0) is 14.2. The SMILES string of the molecule is NC12CC(c3nc([C@H]4C[C@@H](OC(F)(F)F)C4)no3)(C1)C2. The van der Waals surface area contributed by atoms with Gasteiger partial charge in [0.25, 0.3) is 0 Å². The zero-order valence-electron chi connectivity index (χ0n) is 10.6. The monoisotopic (exact) mass is 289 g/mol. The van der Waals surface area contributed by atoms with Gasteiger partial charge in [0.2, 0.25) is 5.89 Å². The molecule has 8 heteroatoms. The molecule has 0 amide bonds. The van der Waals surface area contributed by atoms with Crippen LogP contribution in [0.3, 0.4) is 0 Å². The molecule has 2 bridgehead atoms. The number of hydrogen-bond acceptors (Lipinski definition) is 5. The van der Waals surface area contributed by atoms with E-state index < -0.39 is 12.5 Å². The van der Waals surface area contributed by atoms with Crippen LogP contribution in [-0.4, -0.2) is 28.1 Å². The smallest absolute Gasteiger partial charge is 0.339 e. The minimum atomic E-state index is -4.57. The highest BCUT2D eigenvalue weighted by Gasteiger charge is 2.69. The molecule has 1 aromatic rings. The number of nitrogens with two attached hydrogens (primary N) is 1. The lowest BCUT2D eigenvalue weighted by Crippen LogP contribution is -2.74. The van der Waals surface area contributed by atoms with Crippen molar-refractivity contribution in [3.8, 4) is 0 Å². The van der Waals surface area contributed by atoms with Crippen LogP contribution in [0.5, 0.6) is 0 Å². The molecule has 0 radical (unpaired) electrons. The van der Waals surface area contributed by atoms with Gasteiger partial charge in [-0.1, -0.05) is 5.16 Å². The molecule has 1 heterocycles. The molecule has 0 aromatic carbocycles. The summed E-state index contributed by atoms with van der Waals surface area (Å²) >= 11 is 0. The third-order valence-electron chi connectivity index (χ3n) is 4.73. The van der Waals surface area contributed by atoms with Gasteiger partial charge in [-0.25, -0.2) is 0 Å². The first-order chi connectivity index (χ1) is 9.27. The average molecular weight is 289 g/mol. The highest BCUT2D eigenvalue weighted by atomic mass is 19.4. The van der Waals surface area contributed by atoms with Gasteiger partial charge in [-0.05, 0) is 32.1 Å². The fraction of sp³-hybridized carbons (Fsp3) is 0.833. The van der Waals surface area contributed by atoms with Crippen LogP contribution in [0.15, 0.2) is 4.52 Å². The van der Waals surface area contributed by atoms with Crippen LogP contribution in [-0.2, 0) is 10.2 Å². The van der Waals surface area contributed by atoms with E-state index in [1.54, 1.807) is 0 Å². The Morgan fingerprint density at radius 1 is 1.25 bits per heavy atom. The second kappa shape index (κ2) is 3.54. The second-order valence-corrected chi connectivity index (χ2v) is 6.48. The quantitative estimate of drug-likeness (QED) is 0.921. The second-order valence-electron chi connectivity index (χ2n) is 6.48. The largest absolute Gasteiger partial charge is 0.522 e. The first kappa shape index (κ1) is 12.6. The first-order valence-corrected chi connectivity index (χ1v) is 6.65. The summed E-state index contributed by atoms with van der Waals surface area (Å²) in [7, 11) is 0. The predicted octanol–water partition coefficient (Wildman–Crippen LogP) is 1.98. The Labute approximate surface area is 112 Å². The summed E-state index contributed by atoms with van der Waals surface area (Å²) in [5.41, 5.74) is 5.88. The highest BCUT2D eigenvalue weighted by molar-refractivity contribution is 5.33. The topological polar surface area (TPSA) is 74.2 Å². The van der Waals surface area contributed by atoms with E-state index in [-0.39, 0.29) is 29.7 Å². The van der Waals surface area contributed by atoms with Crippen LogP contribution in [0.1, 0.15) is 49.7 Å². The first-order valence-electron chi connectivity index (χ1n) is 6.65. The van der Waals surface area contributed by atoms with Gasteiger partial charge in [0.1, 0.15) is 0 Å². The molecule has 0 unspecified atom stereocenters. The fourth-order valence-corrected chi connectivity index (χ4v) is 3.77. The summed E-state index contributed by atoms with van der Waals surface area (Å²) < 4.78 is 45.3. The Bertz CT molecular complexity index is 531. The number of rotatable bonds is 3. The normalized spacial score (nSPS) is 42.6. The molecule has 0 saturated heterocycles. The predicted molar refractivity (Wildman–Crippen MR) is 59.6 cm³/mol. The van der Waals surface area contributed by atoms with Crippen molar-refractivity contribution in [1.82, 2.24) is 10.1 Å². The third-order valence-corrected chi connectivity index (χ3v) is 4.73. The van der Waals surface area contributed by atoms with Crippen LogP contribution >= 0.6 is 0 Å². The van der Waals surface area contributed by atoms with E-state index in [4.69, 9.17) is 10.3 Å². The molecule has 0 atom stereocenters. The number of hydrogen-bond donors (Lipinski definition) is 1. The maximum absolute atomic E-state index is 12.0. The summed E-state index contributed by atoms with van der Waals surface area (Å²) in [6.45, 7) is 0. The molecule has 4 aliphatic carbocycles. The zero-order valence-corrected chi connectivity index (χ0v) is 10.6. The molecule has 4 fully saturated rings. The van der Waals surface area contributed by atoms with E-state index in [9.17, 15) is 13.2 Å². The van der Waals surface area contributed by atoms with Crippen LogP contribution in [0.4, 0.5) is 13.2 Å². The molecule has 5 nitrogen and oxygen atoms in total. The van der Waals surface area contributed by atoms with Crippen molar-refractivity contribution >= 4 is 0 Å².